The molecule has 1 aliphatic carbocycles. The molecule has 2 aliphatic rings. The number of carbonyl (C=O) groups is 1. The molecule has 0 aromatic heterocycles. The average molecular weight is 286 g/mol. The van der Waals surface area contributed by atoms with E-state index < -0.39 is 0 Å². The van der Waals surface area contributed by atoms with E-state index >= 15 is 0 Å². The summed E-state index contributed by atoms with van der Waals surface area (Å²) in [6.07, 6.45) is 4.16. The van der Waals surface area contributed by atoms with Crippen molar-refractivity contribution in [3.63, 3.8) is 0 Å². The second-order valence-corrected chi connectivity index (χ2v) is 6.87. The minimum absolute atomic E-state index is 0.342. The Morgan fingerprint density at radius 2 is 2.10 bits per heavy atom. The maximum Gasteiger partial charge on any atom is 0.223 e. The molecule has 1 fully saturated rings. The molecule has 3 heteroatoms. The first-order chi connectivity index (χ1) is 10.1. The van der Waals surface area contributed by atoms with Gasteiger partial charge in [0.1, 0.15) is 0 Å². The van der Waals surface area contributed by atoms with Crippen molar-refractivity contribution in [2.24, 2.45) is 5.92 Å². The molecular formula is C18H26N2O. The first-order valence-electron chi connectivity index (χ1n) is 8.27. The monoisotopic (exact) mass is 286 g/mol. The lowest BCUT2D eigenvalue weighted by molar-refractivity contribution is -0.132. The van der Waals surface area contributed by atoms with Crippen LogP contribution in [0.1, 0.15) is 51.0 Å². The summed E-state index contributed by atoms with van der Waals surface area (Å²) in [5.41, 5.74) is 2.51. The van der Waals surface area contributed by atoms with Gasteiger partial charge in [-0.3, -0.25) is 4.79 Å². The SMILES string of the molecule is CC(C)CCN(C(=O)CC1CNc2ccccc21)C1CC1. The zero-order chi connectivity index (χ0) is 14.8. The topological polar surface area (TPSA) is 32.3 Å². The van der Waals surface area contributed by atoms with Crippen LogP contribution in [0.2, 0.25) is 0 Å². The Labute approximate surface area is 127 Å². The highest BCUT2D eigenvalue weighted by molar-refractivity contribution is 5.79. The molecule has 0 saturated heterocycles. The summed E-state index contributed by atoms with van der Waals surface area (Å²) in [7, 11) is 0. The van der Waals surface area contributed by atoms with E-state index in [-0.39, 0.29) is 0 Å². The van der Waals surface area contributed by atoms with E-state index in [1.807, 2.05) is 0 Å². The van der Waals surface area contributed by atoms with Crippen LogP contribution in [0.4, 0.5) is 5.69 Å². The molecule has 1 aromatic rings. The van der Waals surface area contributed by atoms with E-state index in [0.717, 1.165) is 19.5 Å². The van der Waals surface area contributed by atoms with E-state index in [9.17, 15) is 4.79 Å². The van der Waals surface area contributed by atoms with Crippen LogP contribution < -0.4 is 5.32 Å². The fourth-order valence-corrected chi connectivity index (χ4v) is 3.16. The van der Waals surface area contributed by atoms with Gasteiger partial charge in [-0.2, -0.15) is 0 Å². The maximum atomic E-state index is 12.7. The third-order valence-electron chi connectivity index (χ3n) is 4.62. The molecule has 0 radical (unpaired) electrons. The fraction of sp³-hybridized carbons (Fsp3) is 0.611. The molecule has 3 rings (SSSR count). The first kappa shape index (κ1) is 14.4. The molecule has 1 N–H and O–H groups in total. The number of amides is 1. The minimum atomic E-state index is 0.342. The van der Waals surface area contributed by atoms with Gasteiger partial charge in [-0.1, -0.05) is 32.0 Å². The van der Waals surface area contributed by atoms with Crippen molar-refractivity contribution >= 4 is 11.6 Å². The molecule has 114 valence electrons. The summed E-state index contributed by atoms with van der Waals surface area (Å²) < 4.78 is 0. The van der Waals surface area contributed by atoms with Gasteiger partial charge in [-0.25, -0.2) is 0 Å². The Kier molecular flexibility index (Phi) is 4.18. The number of carbonyl (C=O) groups excluding carboxylic acids is 1. The number of benzene rings is 1. The summed E-state index contributed by atoms with van der Waals surface area (Å²) in [4.78, 5) is 14.9. The van der Waals surface area contributed by atoms with Crippen molar-refractivity contribution in [3.05, 3.63) is 29.8 Å². The Morgan fingerprint density at radius 3 is 2.81 bits per heavy atom. The molecule has 1 saturated carbocycles. The molecule has 1 unspecified atom stereocenters. The molecule has 1 aromatic carbocycles. The second kappa shape index (κ2) is 6.08. The van der Waals surface area contributed by atoms with Crippen molar-refractivity contribution in [3.8, 4) is 0 Å². The van der Waals surface area contributed by atoms with Crippen molar-refractivity contribution in [2.45, 2.75) is 51.5 Å². The summed E-state index contributed by atoms with van der Waals surface area (Å²) in [5.74, 6) is 1.35. The number of nitrogens with one attached hydrogen (secondary N) is 1. The second-order valence-electron chi connectivity index (χ2n) is 6.87. The third-order valence-corrected chi connectivity index (χ3v) is 4.62. The molecule has 1 aliphatic heterocycles. The highest BCUT2D eigenvalue weighted by Crippen LogP contribution is 2.35. The summed E-state index contributed by atoms with van der Waals surface area (Å²) in [6, 6.07) is 8.91. The molecule has 3 nitrogen and oxygen atoms in total. The largest absolute Gasteiger partial charge is 0.384 e. The Hall–Kier alpha value is -1.51. The third kappa shape index (κ3) is 3.39. The zero-order valence-corrected chi connectivity index (χ0v) is 13.1. The van der Waals surface area contributed by atoms with Crippen LogP contribution in [0.25, 0.3) is 0 Å². The Bertz CT molecular complexity index is 508. The number of para-hydroxylation sites is 1. The van der Waals surface area contributed by atoms with Crippen LogP contribution in [0, 0.1) is 5.92 Å². The summed E-state index contributed by atoms with van der Waals surface area (Å²) >= 11 is 0. The van der Waals surface area contributed by atoms with Gasteiger partial charge in [0.25, 0.3) is 0 Å². The number of anilines is 1. The Balaban J connectivity index is 1.62. The molecule has 0 spiro atoms. The number of hydrogen-bond acceptors (Lipinski definition) is 2. The van der Waals surface area contributed by atoms with Gasteiger partial charge in [0, 0.05) is 37.2 Å². The maximum absolute atomic E-state index is 12.7. The van der Waals surface area contributed by atoms with Crippen LogP contribution in [0.5, 0.6) is 0 Å². The van der Waals surface area contributed by atoms with Gasteiger partial charge < -0.3 is 10.2 Å². The van der Waals surface area contributed by atoms with E-state index in [4.69, 9.17) is 0 Å². The van der Waals surface area contributed by atoms with Crippen LogP contribution in [-0.2, 0) is 4.79 Å². The normalized spacial score (nSPS) is 20.2. The lowest BCUT2D eigenvalue weighted by atomic mass is 9.97. The van der Waals surface area contributed by atoms with E-state index in [1.54, 1.807) is 0 Å². The average Bonchev–Trinajstić information content (AvgIpc) is 3.21. The highest BCUT2D eigenvalue weighted by Gasteiger charge is 2.34. The van der Waals surface area contributed by atoms with Gasteiger partial charge in [-0.05, 0) is 36.8 Å². The van der Waals surface area contributed by atoms with Gasteiger partial charge in [0.05, 0.1) is 0 Å². The number of nitrogens with zero attached hydrogens (tertiary/aromatic N) is 1. The predicted octanol–water partition coefficient (Wildman–Crippen LogP) is 3.62. The van der Waals surface area contributed by atoms with E-state index in [1.165, 1.54) is 24.1 Å². The summed E-state index contributed by atoms with van der Waals surface area (Å²) in [5, 5.41) is 3.42. The molecule has 1 heterocycles. The van der Waals surface area contributed by atoms with E-state index in [0.29, 0.717) is 30.2 Å². The minimum Gasteiger partial charge on any atom is -0.384 e. The zero-order valence-electron chi connectivity index (χ0n) is 13.1. The van der Waals surface area contributed by atoms with Crippen LogP contribution in [0.3, 0.4) is 0 Å². The van der Waals surface area contributed by atoms with Crippen LogP contribution >= 0.6 is 0 Å². The van der Waals surface area contributed by atoms with Crippen molar-refractivity contribution in [2.75, 3.05) is 18.4 Å². The van der Waals surface area contributed by atoms with Crippen LogP contribution in [0.15, 0.2) is 24.3 Å². The smallest absolute Gasteiger partial charge is 0.223 e. The van der Waals surface area contributed by atoms with Crippen molar-refractivity contribution in [1.82, 2.24) is 4.90 Å². The molecule has 1 amide bonds. The fourth-order valence-electron chi connectivity index (χ4n) is 3.16. The molecule has 0 bridgehead atoms. The highest BCUT2D eigenvalue weighted by atomic mass is 16.2. The van der Waals surface area contributed by atoms with Crippen molar-refractivity contribution < 1.29 is 4.79 Å². The van der Waals surface area contributed by atoms with E-state index in [2.05, 4.69) is 48.3 Å². The van der Waals surface area contributed by atoms with Gasteiger partial charge in [0.15, 0.2) is 0 Å². The first-order valence-corrected chi connectivity index (χ1v) is 8.27. The Morgan fingerprint density at radius 1 is 1.33 bits per heavy atom. The number of rotatable bonds is 6. The van der Waals surface area contributed by atoms with Gasteiger partial charge >= 0.3 is 0 Å². The summed E-state index contributed by atoms with van der Waals surface area (Å²) in [6.45, 7) is 6.29. The van der Waals surface area contributed by atoms with Gasteiger partial charge in [0.2, 0.25) is 5.91 Å². The molecule has 21 heavy (non-hydrogen) atoms. The number of hydrogen-bond donors (Lipinski definition) is 1. The molecule has 1 atom stereocenters. The predicted molar refractivity (Wildman–Crippen MR) is 86.5 cm³/mol. The van der Waals surface area contributed by atoms with Gasteiger partial charge in [-0.15, -0.1) is 0 Å². The lowest BCUT2D eigenvalue weighted by Crippen LogP contribution is -2.35. The van der Waals surface area contributed by atoms with Crippen LogP contribution in [-0.4, -0.2) is 29.9 Å². The quantitative estimate of drug-likeness (QED) is 0.866. The standard InChI is InChI=1S/C18H26N2O/c1-13(2)9-10-20(15-7-8-15)18(21)11-14-12-19-17-6-4-3-5-16(14)17/h3-6,13-15,19H,7-12H2,1-2H3. The lowest BCUT2D eigenvalue weighted by Gasteiger charge is -2.25. The van der Waals surface area contributed by atoms with Crippen molar-refractivity contribution in [1.29, 1.82) is 0 Å². The number of fused-ring (bicyclic) bond motifs is 1. The molecular weight excluding hydrogens is 260 g/mol.